The van der Waals surface area contributed by atoms with E-state index in [9.17, 15) is 9.59 Å². The molecule has 4 nitrogen and oxygen atoms in total. The second-order valence-corrected chi connectivity index (χ2v) is 5.92. The van der Waals surface area contributed by atoms with Crippen molar-refractivity contribution in [2.45, 2.75) is 13.0 Å². The Morgan fingerprint density at radius 1 is 1.09 bits per heavy atom. The molecule has 0 saturated carbocycles. The van der Waals surface area contributed by atoms with Crippen LogP contribution in [-0.4, -0.2) is 18.5 Å². The van der Waals surface area contributed by atoms with E-state index in [1.807, 2.05) is 49.4 Å². The highest BCUT2D eigenvalue weighted by molar-refractivity contribution is 14.1. The molecule has 22 heavy (non-hydrogen) atoms. The van der Waals surface area contributed by atoms with Gasteiger partial charge in [-0.05, 0) is 47.2 Å². The third-order valence-electron chi connectivity index (χ3n) is 3.11. The molecule has 0 aliphatic carbocycles. The Kier molecular flexibility index (Phi) is 5.94. The normalized spacial score (nSPS) is 11.5. The minimum absolute atomic E-state index is 0.135. The highest BCUT2D eigenvalue weighted by atomic mass is 127. The summed E-state index contributed by atoms with van der Waals surface area (Å²) < 4.78 is 5.85. The molecule has 5 heteroatoms. The molecule has 114 valence electrons. The largest absolute Gasteiger partial charge is 0.452 e. The highest BCUT2D eigenvalue weighted by Gasteiger charge is 2.14. The van der Waals surface area contributed by atoms with Crippen LogP contribution in [0.5, 0.6) is 0 Å². The van der Waals surface area contributed by atoms with Gasteiger partial charge in [0.15, 0.2) is 6.61 Å². The summed E-state index contributed by atoms with van der Waals surface area (Å²) in [6.45, 7) is 1.59. The molecule has 0 fully saturated rings. The number of benzene rings is 2. The monoisotopic (exact) mass is 409 g/mol. The molecule has 2 aromatic carbocycles. The number of amides is 1. The van der Waals surface area contributed by atoms with Gasteiger partial charge in [-0.15, -0.1) is 0 Å². The summed E-state index contributed by atoms with van der Waals surface area (Å²) in [7, 11) is 0. The minimum atomic E-state index is -0.493. The number of hydrogen-bond acceptors (Lipinski definition) is 3. The number of rotatable bonds is 5. The van der Waals surface area contributed by atoms with Gasteiger partial charge in [0.1, 0.15) is 0 Å². The average molecular weight is 409 g/mol. The van der Waals surface area contributed by atoms with Crippen LogP contribution in [0.25, 0.3) is 0 Å². The first-order valence-electron chi connectivity index (χ1n) is 6.84. The summed E-state index contributed by atoms with van der Waals surface area (Å²) in [4.78, 5) is 23.8. The van der Waals surface area contributed by atoms with Crippen molar-refractivity contribution >= 4 is 34.5 Å². The molecule has 0 bridgehead atoms. The van der Waals surface area contributed by atoms with Gasteiger partial charge in [-0.2, -0.15) is 0 Å². The number of nitrogens with one attached hydrogen (secondary N) is 1. The maximum atomic E-state index is 11.9. The Morgan fingerprint density at radius 2 is 1.73 bits per heavy atom. The molecule has 2 aromatic rings. The average Bonchev–Trinajstić information content (AvgIpc) is 2.54. The Labute approximate surface area is 143 Å². The summed E-state index contributed by atoms with van der Waals surface area (Å²) in [5, 5.41) is 2.80. The summed E-state index contributed by atoms with van der Waals surface area (Å²) in [5.41, 5.74) is 1.46. The minimum Gasteiger partial charge on any atom is -0.452 e. The standard InChI is InChI=1S/C17H16INO3/c1-12(13-7-3-2-4-8-13)19-16(20)11-22-17(21)14-9-5-6-10-15(14)18/h2-10,12H,11H2,1H3,(H,19,20)/t12-/m1/s1. The summed E-state index contributed by atoms with van der Waals surface area (Å²) >= 11 is 2.06. The van der Waals surface area contributed by atoms with E-state index in [2.05, 4.69) is 27.9 Å². The lowest BCUT2D eigenvalue weighted by Gasteiger charge is -2.14. The molecule has 1 amide bonds. The molecule has 0 saturated heterocycles. The molecule has 0 aliphatic rings. The van der Waals surface area contributed by atoms with E-state index in [1.165, 1.54) is 0 Å². The summed E-state index contributed by atoms with van der Waals surface area (Å²) in [5.74, 6) is -0.817. The molecule has 1 atom stereocenters. The Bertz CT molecular complexity index is 658. The van der Waals surface area contributed by atoms with Gasteiger partial charge >= 0.3 is 5.97 Å². The van der Waals surface area contributed by atoms with E-state index < -0.39 is 5.97 Å². The molecule has 1 N–H and O–H groups in total. The fourth-order valence-corrected chi connectivity index (χ4v) is 2.55. The second kappa shape index (κ2) is 7.93. The zero-order valence-corrected chi connectivity index (χ0v) is 14.2. The van der Waals surface area contributed by atoms with Crippen LogP contribution in [0.4, 0.5) is 0 Å². The molecular weight excluding hydrogens is 393 g/mol. The van der Waals surface area contributed by atoms with Crippen molar-refractivity contribution < 1.29 is 14.3 Å². The van der Waals surface area contributed by atoms with E-state index in [4.69, 9.17) is 4.74 Å². The number of carbonyl (C=O) groups excluding carboxylic acids is 2. The quantitative estimate of drug-likeness (QED) is 0.609. The Hall–Kier alpha value is -1.89. The van der Waals surface area contributed by atoms with Crippen molar-refractivity contribution in [3.8, 4) is 0 Å². The van der Waals surface area contributed by atoms with Crippen molar-refractivity contribution in [1.29, 1.82) is 0 Å². The first-order chi connectivity index (χ1) is 10.6. The fourth-order valence-electron chi connectivity index (χ4n) is 1.94. The molecule has 0 unspecified atom stereocenters. The van der Waals surface area contributed by atoms with Gasteiger partial charge in [-0.25, -0.2) is 4.79 Å². The third kappa shape index (κ3) is 4.56. The molecule has 0 heterocycles. The predicted octanol–water partition coefficient (Wildman–Crippen LogP) is 3.33. The highest BCUT2D eigenvalue weighted by Crippen LogP contribution is 2.13. The van der Waals surface area contributed by atoms with E-state index in [0.29, 0.717) is 5.56 Å². The van der Waals surface area contributed by atoms with Gasteiger partial charge < -0.3 is 10.1 Å². The van der Waals surface area contributed by atoms with Crippen molar-refractivity contribution in [2.75, 3.05) is 6.61 Å². The van der Waals surface area contributed by atoms with Gasteiger partial charge in [-0.3, -0.25) is 4.79 Å². The lowest BCUT2D eigenvalue weighted by atomic mass is 10.1. The SMILES string of the molecule is C[C@@H](NC(=O)COC(=O)c1ccccc1I)c1ccccc1. The van der Waals surface area contributed by atoms with Gasteiger partial charge in [0, 0.05) is 3.57 Å². The van der Waals surface area contributed by atoms with E-state index in [1.54, 1.807) is 12.1 Å². The first kappa shape index (κ1) is 16.5. The maximum absolute atomic E-state index is 11.9. The molecular formula is C17H16INO3. The van der Waals surface area contributed by atoms with Crippen LogP contribution in [0.1, 0.15) is 28.9 Å². The maximum Gasteiger partial charge on any atom is 0.339 e. The van der Waals surface area contributed by atoms with Gasteiger partial charge in [0.25, 0.3) is 5.91 Å². The van der Waals surface area contributed by atoms with Crippen LogP contribution in [0.2, 0.25) is 0 Å². The molecule has 0 aromatic heterocycles. The Balaban J connectivity index is 1.85. The lowest BCUT2D eigenvalue weighted by molar-refractivity contribution is -0.124. The van der Waals surface area contributed by atoms with Crippen molar-refractivity contribution in [3.05, 3.63) is 69.3 Å². The smallest absolute Gasteiger partial charge is 0.339 e. The van der Waals surface area contributed by atoms with Crippen molar-refractivity contribution in [3.63, 3.8) is 0 Å². The Morgan fingerprint density at radius 3 is 2.41 bits per heavy atom. The zero-order valence-electron chi connectivity index (χ0n) is 12.1. The van der Waals surface area contributed by atoms with Gasteiger partial charge in [0.2, 0.25) is 0 Å². The van der Waals surface area contributed by atoms with Gasteiger partial charge in [0.05, 0.1) is 11.6 Å². The van der Waals surface area contributed by atoms with Crippen molar-refractivity contribution in [1.82, 2.24) is 5.32 Å². The van der Waals surface area contributed by atoms with Crippen LogP contribution >= 0.6 is 22.6 Å². The number of carbonyl (C=O) groups is 2. The number of halogens is 1. The van der Waals surface area contributed by atoms with Crippen LogP contribution < -0.4 is 5.32 Å². The molecule has 0 aliphatic heterocycles. The third-order valence-corrected chi connectivity index (χ3v) is 4.05. The first-order valence-corrected chi connectivity index (χ1v) is 7.92. The predicted molar refractivity (Wildman–Crippen MR) is 92.4 cm³/mol. The number of hydrogen-bond donors (Lipinski definition) is 1. The molecule has 0 radical (unpaired) electrons. The van der Waals surface area contributed by atoms with Crippen molar-refractivity contribution in [2.24, 2.45) is 0 Å². The second-order valence-electron chi connectivity index (χ2n) is 4.76. The van der Waals surface area contributed by atoms with E-state index in [0.717, 1.165) is 9.13 Å². The number of esters is 1. The molecule has 2 rings (SSSR count). The van der Waals surface area contributed by atoms with Crippen LogP contribution in [0, 0.1) is 3.57 Å². The summed E-state index contributed by atoms with van der Waals surface area (Å²) in [6.07, 6.45) is 0. The number of ether oxygens (including phenoxy) is 1. The van der Waals surface area contributed by atoms with E-state index >= 15 is 0 Å². The van der Waals surface area contributed by atoms with Crippen LogP contribution in [0.15, 0.2) is 54.6 Å². The van der Waals surface area contributed by atoms with E-state index in [-0.39, 0.29) is 18.6 Å². The van der Waals surface area contributed by atoms with Crippen LogP contribution in [-0.2, 0) is 9.53 Å². The van der Waals surface area contributed by atoms with Crippen LogP contribution in [0.3, 0.4) is 0 Å². The lowest BCUT2D eigenvalue weighted by Crippen LogP contribution is -2.31. The fraction of sp³-hybridized carbons (Fsp3) is 0.176. The zero-order chi connectivity index (χ0) is 15.9. The van der Waals surface area contributed by atoms with Gasteiger partial charge in [-0.1, -0.05) is 42.5 Å². The molecule has 0 spiro atoms. The summed E-state index contributed by atoms with van der Waals surface area (Å²) in [6, 6.07) is 16.6. The topological polar surface area (TPSA) is 55.4 Å².